The highest BCUT2D eigenvalue weighted by Crippen LogP contribution is 2.53. The smallest absolute Gasteiger partial charge is 0.244 e. The average molecular weight is 387 g/mol. The van der Waals surface area contributed by atoms with E-state index in [4.69, 9.17) is 34.8 Å². The van der Waals surface area contributed by atoms with Crippen LogP contribution in [0.3, 0.4) is 0 Å². The Morgan fingerprint density at radius 1 is 1.29 bits per heavy atom. The van der Waals surface area contributed by atoms with Crippen LogP contribution in [-0.4, -0.2) is 17.8 Å². The Morgan fingerprint density at radius 2 is 2.00 bits per heavy atom. The van der Waals surface area contributed by atoms with Crippen molar-refractivity contribution in [3.05, 3.63) is 57.6 Å². The molecule has 3 unspecified atom stereocenters. The summed E-state index contributed by atoms with van der Waals surface area (Å²) in [5.41, 5.74) is 2.00. The number of benzene rings is 1. The second-order valence-corrected chi connectivity index (χ2v) is 7.93. The lowest BCUT2D eigenvalue weighted by Crippen LogP contribution is -2.25. The van der Waals surface area contributed by atoms with Gasteiger partial charge in [0, 0.05) is 29.8 Å². The number of halogens is 3. The van der Waals surface area contributed by atoms with Gasteiger partial charge in [-0.1, -0.05) is 55.3 Å². The molecule has 0 spiro atoms. The predicted molar refractivity (Wildman–Crippen MR) is 103 cm³/mol. The highest BCUT2D eigenvalue weighted by atomic mass is 35.5. The normalized spacial score (nSPS) is 23.8. The molecule has 0 aromatic heterocycles. The first-order valence-electron chi connectivity index (χ1n) is 8.03. The van der Waals surface area contributed by atoms with Gasteiger partial charge in [0.25, 0.3) is 0 Å². The fraction of sp³-hybridized carbons (Fsp3) is 0.421. The minimum absolute atomic E-state index is 0.0426. The van der Waals surface area contributed by atoms with Crippen molar-refractivity contribution in [1.82, 2.24) is 5.32 Å². The lowest BCUT2D eigenvalue weighted by Gasteiger charge is -2.04. The van der Waals surface area contributed by atoms with Crippen LogP contribution in [-0.2, 0) is 4.79 Å². The van der Waals surface area contributed by atoms with Crippen molar-refractivity contribution in [2.75, 3.05) is 6.54 Å². The summed E-state index contributed by atoms with van der Waals surface area (Å²) in [5.74, 6) is 0.852. The van der Waals surface area contributed by atoms with Crippen molar-refractivity contribution in [3.63, 3.8) is 0 Å². The molecule has 1 aromatic rings. The Labute approximate surface area is 158 Å². The molecule has 1 amide bonds. The van der Waals surface area contributed by atoms with E-state index in [1.165, 1.54) is 0 Å². The monoisotopic (exact) mass is 385 g/mol. The fourth-order valence-corrected chi connectivity index (χ4v) is 3.30. The molecule has 1 aliphatic carbocycles. The first kappa shape index (κ1) is 19.4. The molecule has 3 atom stereocenters. The van der Waals surface area contributed by atoms with E-state index in [9.17, 15) is 4.79 Å². The van der Waals surface area contributed by atoms with Crippen molar-refractivity contribution in [2.24, 2.45) is 11.8 Å². The molecule has 1 saturated carbocycles. The predicted octanol–water partition coefficient (Wildman–Crippen LogP) is 5.59. The molecule has 5 heteroatoms. The Morgan fingerprint density at radius 3 is 2.62 bits per heavy atom. The number of hydrogen-bond donors (Lipinski definition) is 1. The van der Waals surface area contributed by atoms with Gasteiger partial charge in [0.05, 0.1) is 10.0 Å². The number of rotatable bonds is 6. The Balaban J connectivity index is 1.94. The summed E-state index contributed by atoms with van der Waals surface area (Å²) in [7, 11) is 0. The summed E-state index contributed by atoms with van der Waals surface area (Å²) in [6.45, 7) is 6.71. The van der Waals surface area contributed by atoms with Crippen LogP contribution in [0.15, 0.2) is 42.0 Å². The lowest BCUT2D eigenvalue weighted by atomic mass is 10.1. The molecule has 2 rings (SSSR count). The average Bonchev–Trinajstić information content (AvgIpc) is 3.16. The molecule has 0 radical (unpaired) electrons. The van der Waals surface area contributed by atoms with E-state index in [0.717, 1.165) is 11.1 Å². The lowest BCUT2D eigenvalue weighted by molar-refractivity contribution is -0.116. The quantitative estimate of drug-likeness (QED) is 0.385. The molecule has 2 nitrogen and oxygen atoms in total. The van der Waals surface area contributed by atoms with Crippen LogP contribution < -0.4 is 5.32 Å². The van der Waals surface area contributed by atoms with Gasteiger partial charge in [0.1, 0.15) is 0 Å². The third-order valence-corrected chi connectivity index (χ3v) is 5.24. The maximum atomic E-state index is 11.8. The molecule has 0 saturated heterocycles. The van der Waals surface area contributed by atoms with Gasteiger partial charge in [0.15, 0.2) is 0 Å². The molecule has 0 heterocycles. The maximum absolute atomic E-state index is 11.8. The van der Waals surface area contributed by atoms with Gasteiger partial charge < -0.3 is 5.32 Å². The Hall–Kier alpha value is -0.960. The zero-order valence-electron chi connectivity index (χ0n) is 14.0. The number of nitrogens with one attached hydrogen (secondary N) is 1. The van der Waals surface area contributed by atoms with Gasteiger partial charge in [0.2, 0.25) is 5.91 Å². The molecule has 24 heavy (non-hydrogen) atoms. The number of carbonyl (C=O) groups is 1. The van der Waals surface area contributed by atoms with Crippen LogP contribution in [0.2, 0.25) is 10.0 Å². The van der Waals surface area contributed by atoms with Gasteiger partial charge in [-0.05, 0) is 36.1 Å². The van der Waals surface area contributed by atoms with Gasteiger partial charge >= 0.3 is 0 Å². The van der Waals surface area contributed by atoms with Gasteiger partial charge in [-0.25, -0.2) is 0 Å². The van der Waals surface area contributed by atoms with Crippen LogP contribution in [0.4, 0.5) is 0 Å². The number of alkyl halides is 1. The number of amides is 1. The maximum Gasteiger partial charge on any atom is 0.244 e. The fourth-order valence-electron chi connectivity index (χ4n) is 2.52. The summed E-state index contributed by atoms with van der Waals surface area (Å²) >= 11 is 18.4. The number of carbonyl (C=O) groups excluding carboxylic acids is 1. The third kappa shape index (κ3) is 5.27. The van der Waals surface area contributed by atoms with Crippen molar-refractivity contribution in [3.8, 4) is 0 Å². The summed E-state index contributed by atoms with van der Waals surface area (Å²) in [6, 6.07) is 5.64. The highest BCUT2D eigenvalue weighted by Gasteiger charge is 2.48. The Bertz CT molecular complexity index is 667. The minimum atomic E-state index is -0.0647. The summed E-state index contributed by atoms with van der Waals surface area (Å²) in [4.78, 5) is 11.8. The standard InChI is InChI=1S/C19H22Cl3NO/c1-11(2)10-23-17(24)8-12(3)4-6-14-18(19(14)22)13-5-7-15(20)16(21)9-13/h4-9,11,14,18-19H,10H2,1-3H3,(H,23,24). The summed E-state index contributed by atoms with van der Waals surface area (Å²) in [5, 5.41) is 4.00. The van der Waals surface area contributed by atoms with Crippen molar-refractivity contribution < 1.29 is 4.79 Å². The molecular formula is C19H22Cl3NO. The molecule has 1 aliphatic rings. The van der Waals surface area contributed by atoms with Gasteiger partial charge in [-0.3, -0.25) is 4.79 Å². The molecule has 1 aromatic carbocycles. The number of hydrogen-bond acceptors (Lipinski definition) is 1. The van der Waals surface area contributed by atoms with Crippen LogP contribution >= 0.6 is 34.8 Å². The van der Waals surface area contributed by atoms with Crippen LogP contribution in [0, 0.1) is 11.8 Å². The Kier molecular flexibility index (Phi) is 6.79. The van der Waals surface area contributed by atoms with E-state index < -0.39 is 0 Å². The minimum Gasteiger partial charge on any atom is -0.352 e. The third-order valence-electron chi connectivity index (χ3n) is 3.94. The molecule has 130 valence electrons. The summed E-state index contributed by atoms with van der Waals surface area (Å²) in [6.07, 6.45) is 5.62. The molecule has 1 N–H and O–H groups in total. The van der Waals surface area contributed by atoms with E-state index in [0.29, 0.717) is 22.5 Å². The molecule has 1 fully saturated rings. The van der Waals surface area contributed by atoms with E-state index in [1.807, 2.05) is 25.1 Å². The van der Waals surface area contributed by atoms with E-state index in [1.54, 1.807) is 12.1 Å². The topological polar surface area (TPSA) is 29.1 Å². The summed E-state index contributed by atoms with van der Waals surface area (Å²) < 4.78 is 0. The second kappa shape index (κ2) is 8.42. The van der Waals surface area contributed by atoms with Gasteiger partial charge in [-0.2, -0.15) is 0 Å². The van der Waals surface area contributed by atoms with E-state index >= 15 is 0 Å². The van der Waals surface area contributed by atoms with Crippen LogP contribution in [0.25, 0.3) is 0 Å². The van der Waals surface area contributed by atoms with Crippen molar-refractivity contribution >= 4 is 40.7 Å². The van der Waals surface area contributed by atoms with Crippen molar-refractivity contribution in [1.29, 1.82) is 0 Å². The van der Waals surface area contributed by atoms with Crippen LogP contribution in [0.5, 0.6) is 0 Å². The van der Waals surface area contributed by atoms with Gasteiger partial charge in [-0.15, -0.1) is 11.6 Å². The van der Waals surface area contributed by atoms with Crippen LogP contribution in [0.1, 0.15) is 32.3 Å². The molecule has 0 bridgehead atoms. The van der Waals surface area contributed by atoms with Crippen molar-refractivity contribution in [2.45, 2.75) is 32.1 Å². The largest absolute Gasteiger partial charge is 0.352 e. The van der Waals surface area contributed by atoms with E-state index in [2.05, 4.69) is 25.2 Å². The molecular weight excluding hydrogens is 365 g/mol. The molecule has 0 aliphatic heterocycles. The SMILES string of the molecule is CC(C=CC1C(Cl)C1c1ccc(Cl)c(Cl)c1)=CC(=O)NCC(C)C. The number of allylic oxidation sites excluding steroid dienone is 3. The zero-order valence-corrected chi connectivity index (χ0v) is 16.3. The first-order chi connectivity index (χ1) is 11.3. The highest BCUT2D eigenvalue weighted by molar-refractivity contribution is 6.42. The first-order valence-corrected chi connectivity index (χ1v) is 9.22. The second-order valence-electron chi connectivity index (χ2n) is 6.61. The van der Waals surface area contributed by atoms with E-state index in [-0.39, 0.29) is 23.1 Å². The zero-order chi connectivity index (χ0) is 17.9.